The van der Waals surface area contributed by atoms with Crippen LogP contribution in [0.25, 0.3) is 0 Å². The molecule has 3 aromatic rings. The number of nitrogens with one attached hydrogen (secondary N) is 2. The van der Waals surface area contributed by atoms with Gasteiger partial charge in [-0.25, -0.2) is 8.42 Å². The van der Waals surface area contributed by atoms with Gasteiger partial charge in [0.2, 0.25) is 0 Å². The number of rotatable bonds is 5. The van der Waals surface area contributed by atoms with Crippen LogP contribution >= 0.6 is 34.2 Å². The summed E-state index contributed by atoms with van der Waals surface area (Å²) in [6.07, 6.45) is -4.73. The first-order valence-electron chi connectivity index (χ1n) is 8.94. The van der Waals surface area contributed by atoms with E-state index in [0.717, 1.165) is 21.3 Å². The fourth-order valence-electron chi connectivity index (χ4n) is 2.74. The number of aryl methyl sites for hydroxylation is 1. The number of sulfonamides is 1. The summed E-state index contributed by atoms with van der Waals surface area (Å²) in [6, 6.07) is 13.3. The molecule has 32 heavy (non-hydrogen) atoms. The molecular formula is C21H15ClF3IN2O3S. The molecule has 0 fully saturated rings. The highest BCUT2D eigenvalue weighted by Crippen LogP contribution is 2.36. The number of alkyl halides is 3. The Morgan fingerprint density at radius 1 is 0.969 bits per heavy atom. The Kier molecular flexibility index (Phi) is 7.06. The molecule has 1 amide bonds. The molecule has 11 heteroatoms. The van der Waals surface area contributed by atoms with Gasteiger partial charge in [-0.3, -0.25) is 9.52 Å². The lowest BCUT2D eigenvalue weighted by Crippen LogP contribution is -2.15. The minimum atomic E-state index is -4.73. The number of hydrogen-bond donors (Lipinski definition) is 2. The smallest absolute Gasteiger partial charge is 0.322 e. The molecule has 0 spiro atoms. The highest BCUT2D eigenvalue weighted by molar-refractivity contribution is 14.1. The van der Waals surface area contributed by atoms with Gasteiger partial charge >= 0.3 is 6.18 Å². The second kappa shape index (κ2) is 9.28. The number of carbonyl (C=O) groups excluding carboxylic acids is 1. The van der Waals surface area contributed by atoms with Crippen LogP contribution in [0.1, 0.15) is 21.5 Å². The molecule has 0 unspecified atom stereocenters. The van der Waals surface area contributed by atoms with Crippen LogP contribution < -0.4 is 10.0 Å². The van der Waals surface area contributed by atoms with Gasteiger partial charge in [-0.15, -0.1) is 0 Å². The summed E-state index contributed by atoms with van der Waals surface area (Å²) < 4.78 is 67.0. The van der Waals surface area contributed by atoms with E-state index in [1.807, 2.05) is 13.0 Å². The zero-order valence-electron chi connectivity index (χ0n) is 16.3. The number of hydrogen-bond acceptors (Lipinski definition) is 3. The maximum atomic E-state index is 13.0. The zero-order valence-corrected chi connectivity index (χ0v) is 20.0. The first-order valence-corrected chi connectivity index (χ1v) is 11.9. The molecule has 0 saturated carbocycles. The van der Waals surface area contributed by atoms with E-state index in [1.165, 1.54) is 24.3 Å². The van der Waals surface area contributed by atoms with Crippen molar-refractivity contribution in [3.63, 3.8) is 0 Å². The maximum Gasteiger partial charge on any atom is 0.417 e. The van der Waals surface area contributed by atoms with Crippen molar-refractivity contribution in [3.8, 4) is 0 Å². The van der Waals surface area contributed by atoms with Gasteiger partial charge in [0.05, 0.1) is 21.0 Å². The highest BCUT2D eigenvalue weighted by Gasteiger charge is 2.33. The predicted molar refractivity (Wildman–Crippen MR) is 126 cm³/mol. The lowest BCUT2D eigenvalue weighted by molar-refractivity contribution is -0.137. The van der Waals surface area contributed by atoms with Gasteiger partial charge in [0.1, 0.15) is 0 Å². The van der Waals surface area contributed by atoms with Crippen LogP contribution in [-0.2, 0) is 16.2 Å². The van der Waals surface area contributed by atoms with Crippen LogP contribution in [0.5, 0.6) is 0 Å². The molecule has 0 atom stereocenters. The van der Waals surface area contributed by atoms with Crippen LogP contribution in [0.4, 0.5) is 24.5 Å². The molecule has 3 rings (SSSR count). The number of carbonyl (C=O) groups is 1. The van der Waals surface area contributed by atoms with E-state index in [0.29, 0.717) is 17.3 Å². The van der Waals surface area contributed by atoms with Gasteiger partial charge < -0.3 is 5.32 Å². The molecule has 0 aliphatic rings. The van der Waals surface area contributed by atoms with E-state index >= 15 is 0 Å². The number of halogens is 5. The molecule has 0 bridgehead atoms. The van der Waals surface area contributed by atoms with Crippen LogP contribution in [0, 0.1) is 10.5 Å². The Labute approximate surface area is 201 Å². The molecule has 0 aliphatic heterocycles. The SMILES string of the molecule is Cc1ccc(C(=O)Nc2ccc(S(=O)(=O)Nc3ccc(Cl)c(C(F)(F)F)c3)cc2)c(I)c1. The lowest BCUT2D eigenvalue weighted by Gasteiger charge is -2.13. The van der Waals surface area contributed by atoms with E-state index in [4.69, 9.17) is 11.6 Å². The topological polar surface area (TPSA) is 75.3 Å². The Bertz CT molecular complexity index is 1280. The molecule has 0 heterocycles. The fraction of sp³-hybridized carbons (Fsp3) is 0.0952. The van der Waals surface area contributed by atoms with Crippen molar-refractivity contribution in [1.82, 2.24) is 0 Å². The van der Waals surface area contributed by atoms with E-state index in [9.17, 15) is 26.4 Å². The van der Waals surface area contributed by atoms with Crippen molar-refractivity contribution in [2.24, 2.45) is 0 Å². The number of amides is 1. The maximum absolute atomic E-state index is 13.0. The standard InChI is InChI=1S/C21H15ClF3IN2O3S/c1-12-2-8-16(19(26)10-12)20(29)27-13-3-6-15(7-4-13)32(30,31)28-14-5-9-18(22)17(11-14)21(23,24)25/h2-11,28H,1H3,(H,27,29). The van der Waals surface area contributed by atoms with E-state index in [2.05, 4.69) is 32.6 Å². The van der Waals surface area contributed by atoms with Crippen LogP contribution in [-0.4, -0.2) is 14.3 Å². The third-order valence-corrected chi connectivity index (χ3v) is 6.93. The second-order valence-corrected chi connectivity index (χ2v) is 10.0. The second-order valence-electron chi connectivity index (χ2n) is 6.76. The van der Waals surface area contributed by atoms with Crippen LogP contribution in [0.3, 0.4) is 0 Å². The first-order chi connectivity index (χ1) is 14.9. The lowest BCUT2D eigenvalue weighted by atomic mass is 10.1. The van der Waals surface area contributed by atoms with Crippen molar-refractivity contribution in [1.29, 1.82) is 0 Å². The van der Waals surface area contributed by atoms with Gasteiger partial charge in [0.15, 0.2) is 0 Å². The van der Waals surface area contributed by atoms with Gasteiger partial charge in [-0.2, -0.15) is 13.2 Å². The Morgan fingerprint density at radius 3 is 2.19 bits per heavy atom. The summed E-state index contributed by atoms with van der Waals surface area (Å²) in [5.41, 5.74) is 0.404. The summed E-state index contributed by atoms with van der Waals surface area (Å²) in [4.78, 5) is 12.3. The normalized spacial score (nSPS) is 11.8. The van der Waals surface area contributed by atoms with Crippen molar-refractivity contribution < 1.29 is 26.4 Å². The van der Waals surface area contributed by atoms with E-state index in [1.54, 1.807) is 12.1 Å². The van der Waals surface area contributed by atoms with Gasteiger partial charge in [0, 0.05) is 14.9 Å². The highest BCUT2D eigenvalue weighted by atomic mass is 127. The summed E-state index contributed by atoms with van der Waals surface area (Å²) in [5.74, 6) is -0.357. The Balaban J connectivity index is 1.77. The van der Waals surface area contributed by atoms with Gasteiger partial charge in [0.25, 0.3) is 15.9 Å². The Hall–Kier alpha value is -2.31. The zero-order chi connectivity index (χ0) is 23.7. The predicted octanol–water partition coefficient (Wildman–Crippen LogP) is 6.32. The van der Waals surface area contributed by atoms with Crippen molar-refractivity contribution >= 4 is 61.5 Å². The molecule has 0 aromatic heterocycles. The molecule has 0 radical (unpaired) electrons. The molecule has 0 saturated heterocycles. The minimum Gasteiger partial charge on any atom is -0.322 e. The van der Waals surface area contributed by atoms with Gasteiger partial charge in [-0.05, 0) is 84.1 Å². The molecule has 2 N–H and O–H groups in total. The summed E-state index contributed by atoms with van der Waals surface area (Å²) >= 11 is 7.61. The fourth-order valence-corrected chi connectivity index (χ4v) is 4.93. The summed E-state index contributed by atoms with van der Waals surface area (Å²) in [7, 11) is -4.17. The van der Waals surface area contributed by atoms with Crippen LogP contribution in [0.15, 0.2) is 65.6 Å². The van der Waals surface area contributed by atoms with Gasteiger partial charge in [-0.1, -0.05) is 23.2 Å². The number of anilines is 2. The average Bonchev–Trinajstić information content (AvgIpc) is 2.68. The quantitative estimate of drug-likeness (QED) is 0.339. The monoisotopic (exact) mass is 594 g/mol. The molecule has 3 aromatic carbocycles. The Morgan fingerprint density at radius 2 is 1.59 bits per heavy atom. The first kappa shape index (κ1) is 24.3. The number of benzene rings is 3. The van der Waals surface area contributed by atoms with E-state index < -0.39 is 26.8 Å². The van der Waals surface area contributed by atoms with Crippen LogP contribution in [0.2, 0.25) is 5.02 Å². The molecule has 0 aliphatic carbocycles. The van der Waals surface area contributed by atoms with Crippen molar-refractivity contribution in [2.75, 3.05) is 10.0 Å². The third kappa shape index (κ3) is 5.73. The van der Waals surface area contributed by atoms with Crippen molar-refractivity contribution in [3.05, 3.63) is 85.9 Å². The summed E-state index contributed by atoms with van der Waals surface area (Å²) in [5, 5.41) is 2.14. The molecule has 168 valence electrons. The summed E-state index contributed by atoms with van der Waals surface area (Å²) in [6.45, 7) is 1.91. The molecule has 5 nitrogen and oxygen atoms in total. The van der Waals surface area contributed by atoms with E-state index in [-0.39, 0.29) is 16.5 Å². The molecular weight excluding hydrogens is 580 g/mol. The van der Waals surface area contributed by atoms with Crippen molar-refractivity contribution in [2.45, 2.75) is 18.0 Å². The largest absolute Gasteiger partial charge is 0.417 e. The third-order valence-electron chi connectivity index (χ3n) is 4.32. The minimum absolute atomic E-state index is 0.191. The average molecular weight is 595 g/mol.